The molecular weight excluding hydrogens is 350 g/mol. The largest absolute Gasteiger partial charge is 0.324 e. The molecule has 4 rings (SSSR count). The van der Waals surface area contributed by atoms with Crippen molar-refractivity contribution in [2.45, 2.75) is 6.04 Å². The van der Waals surface area contributed by atoms with E-state index in [1.54, 1.807) is 4.68 Å². The van der Waals surface area contributed by atoms with Gasteiger partial charge in [0.15, 0.2) is 0 Å². The molecule has 2 aromatic carbocycles. The molecule has 0 aliphatic carbocycles. The molecule has 132 valence electrons. The van der Waals surface area contributed by atoms with E-state index >= 15 is 0 Å². The first kappa shape index (κ1) is 16.3. The number of fused-ring (bicyclic) bond motifs is 1. The van der Waals surface area contributed by atoms with Gasteiger partial charge in [0.25, 0.3) is 5.95 Å². The van der Waals surface area contributed by atoms with Gasteiger partial charge in [-0.2, -0.15) is 4.98 Å². The van der Waals surface area contributed by atoms with E-state index in [0.29, 0.717) is 5.95 Å². The van der Waals surface area contributed by atoms with E-state index in [1.165, 1.54) is 0 Å². The molecule has 0 radical (unpaired) electrons. The third-order valence-corrected chi connectivity index (χ3v) is 4.52. The number of hydrogen-bond acceptors (Lipinski definition) is 5. The van der Waals surface area contributed by atoms with Crippen LogP contribution in [-0.2, 0) is 10.0 Å². The molecule has 0 saturated carbocycles. The molecule has 7 nitrogen and oxygen atoms in total. The van der Waals surface area contributed by atoms with Crippen molar-refractivity contribution in [3.05, 3.63) is 77.9 Å². The van der Waals surface area contributed by atoms with Gasteiger partial charge in [0.2, 0.25) is 16.0 Å². The maximum Gasteiger partial charge on any atom is 0.257 e. The molecule has 3 aromatic rings. The molecule has 0 fully saturated rings. The summed E-state index contributed by atoms with van der Waals surface area (Å²) < 4.78 is 27.0. The lowest BCUT2D eigenvalue weighted by atomic mass is 10.0. The molecule has 8 heteroatoms. The molecular formula is C18H17N5O2S. The van der Waals surface area contributed by atoms with Gasteiger partial charge in [-0.25, -0.2) is 13.1 Å². The Kier molecular flexibility index (Phi) is 3.96. The fourth-order valence-electron chi connectivity index (χ4n) is 2.88. The highest BCUT2D eigenvalue weighted by molar-refractivity contribution is 7.91. The fraction of sp³-hybridized carbons (Fsp3) is 0.111. The van der Waals surface area contributed by atoms with Crippen molar-refractivity contribution in [3.8, 4) is 0 Å². The van der Waals surface area contributed by atoms with Crippen molar-refractivity contribution >= 4 is 27.6 Å². The monoisotopic (exact) mass is 367 g/mol. The quantitative estimate of drug-likeness (QED) is 0.740. The molecule has 1 aliphatic heterocycles. The zero-order valence-corrected chi connectivity index (χ0v) is 14.8. The Balaban J connectivity index is 1.80. The molecule has 0 saturated heterocycles. The molecule has 0 amide bonds. The van der Waals surface area contributed by atoms with Gasteiger partial charge in [-0.15, -0.1) is 5.10 Å². The van der Waals surface area contributed by atoms with Gasteiger partial charge in [0.1, 0.15) is 6.04 Å². The van der Waals surface area contributed by atoms with Gasteiger partial charge < -0.3 is 5.32 Å². The number of hydrogen-bond donors (Lipinski definition) is 2. The number of nitrogens with one attached hydrogen (secondary N) is 2. The van der Waals surface area contributed by atoms with Crippen LogP contribution in [0.25, 0.3) is 5.70 Å². The van der Waals surface area contributed by atoms with E-state index in [1.807, 2.05) is 60.7 Å². The summed E-state index contributed by atoms with van der Waals surface area (Å²) in [4.78, 5) is 4.30. The van der Waals surface area contributed by atoms with Gasteiger partial charge in [0.05, 0.1) is 6.26 Å². The van der Waals surface area contributed by atoms with E-state index in [9.17, 15) is 8.42 Å². The van der Waals surface area contributed by atoms with Crippen LogP contribution < -0.4 is 10.0 Å². The first-order chi connectivity index (χ1) is 12.5. The number of aromatic nitrogens is 3. The second-order valence-electron chi connectivity index (χ2n) is 6.00. The van der Waals surface area contributed by atoms with Gasteiger partial charge in [-0.3, -0.25) is 4.72 Å². The molecule has 1 aromatic heterocycles. The van der Waals surface area contributed by atoms with Crippen LogP contribution in [0.3, 0.4) is 0 Å². The van der Waals surface area contributed by atoms with Crippen molar-refractivity contribution in [3.63, 3.8) is 0 Å². The summed E-state index contributed by atoms with van der Waals surface area (Å²) in [5.41, 5.74) is 2.94. The molecule has 1 unspecified atom stereocenters. The average Bonchev–Trinajstić information content (AvgIpc) is 3.02. The number of nitrogens with zero attached hydrogens (tertiary/aromatic N) is 3. The lowest BCUT2D eigenvalue weighted by molar-refractivity contribution is 0.603. The van der Waals surface area contributed by atoms with Gasteiger partial charge in [-0.05, 0) is 17.2 Å². The first-order valence-electron chi connectivity index (χ1n) is 8.03. The van der Waals surface area contributed by atoms with Crippen molar-refractivity contribution in [2.75, 3.05) is 16.3 Å². The molecule has 2 heterocycles. The van der Waals surface area contributed by atoms with E-state index in [4.69, 9.17) is 0 Å². The maximum atomic E-state index is 11.5. The zero-order chi connectivity index (χ0) is 18.1. The van der Waals surface area contributed by atoms with Gasteiger partial charge >= 0.3 is 0 Å². The minimum Gasteiger partial charge on any atom is -0.324 e. The lowest BCUT2D eigenvalue weighted by Crippen LogP contribution is -2.20. The molecule has 2 N–H and O–H groups in total. The summed E-state index contributed by atoms with van der Waals surface area (Å²) in [5, 5.41) is 7.57. The Morgan fingerprint density at radius 1 is 1.04 bits per heavy atom. The van der Waals surface area contributed by atoms with Crippen LogP contribution in [0, 0.1) is 0 Å². The van der Waals surface area contributed by atoms with Crippen molar-refractivity contribution in [1.82, 2.24) is 14.8 Å². The summed E-state index contributed by atoms with van der Waals surface area (Å²) in [6.07, 6.45) is 3.12. The molecule has 1 aliphatic rings. The van der Waals surface area contributed by atoms with E-state index in [2.05, 4.69) is 26.2 Å². The SMILES string of the molecule is CS(=O)(=O)Nc1nc2n(n1)C(c1ccccc1)C=C(c1ccccc1)N2. The van der Waals surface area contributed by atoms with Gasteiger partial charge in [-0.1, -0.05) is 60.7 Å². The third kappa shape index (κ3) is 3.31. The topological polar surface area (TPSA) is 88.9 Å². The highest BCUT2D eigenvalue weighted by Gasteiger charge is 2.25. The zero-order valence-electron chi connectivity index (χ0n) is 14.0. The second-order valence-corrected chi connectivity index (χ2v) is 7.75. The third-order valence-electron chi connectivity index (χ3n) is 3.97. The normalized spacial score (nSPS) is 16.3. The molecule has 0 spiro atoms. The average molecular weight is 367 g/mol. The van der Waals surface area contributed by atoms with Crippen LogP contribution in [0.4, 0.5) is 11.9 Å². The Bertz CT molecular complexity index is 1060. The second kappa shape index (κ2) is 6.30. The van der Waals surface area contributed by atoms with Crippen molar-refractivity contribution in [2.24, 2.45) is 0 Å². The van der Waals surface area contributed by atoms with Crippen LogP contribution in [0.2, 0.25) is 0 Å². The Labute approximate surface area is 151 Å². The van der Waals surface area contributed by atoms with Crippen LogP contribution in [-0.4, -0.2) is 29.4 Å². The summed E-state index contributed by atoms with van der Waals surface area (Å²) in [6.45, 7) is 0. The molecule has 26 heavy (non-hydrogen) atoms. The van der Waals surface area contributed by atoms with Crippen molar-refractivity contribution in [1.29, 1.82) is 0 Å². The lowest BCUT2D eigenvalue weighted by Gasteiger charge is -2.24. The smallest absolute Gasteiger partial charge is 0.257 e. The Morgan fingerprint density at radius 2 is 1.69 bits per heavy atom. The number of sulfonamides is 1. The predicted molar refractivity (Wildman–Crippen MR) is 101 cm³/mol. The predicted octanol–water partition coefficient (Wildman–Crippen LogP) is 2.71. The summed E-state index contributed by atoms with van der Waals surface area (Å²) in [5.74, 6) is 0.519. The van der Waals surface area contributed by atoms with E-state index in [0.717, 1.165) is 23.1 Å². The standard InChI is InChI=1S/C18H17N5O2S/c1-26(24,25)22-17-20-18-19-15(13-8-4-2-5-9-13)12-16(23(18)21-17)14-10-6-3-7-11-14/h2-12,16H,1H3,(H2,19,20,21,22). The first-order valence-corrected chi connectivity index (χ1v) is 9.92. The summed E-state index contributed by atoms with van der Waals surface area (Å²) in [7, 11) is -3.46. The Hall–Kier alpha value is -3.13. The van der Waals surface area contributed by atoms with E-state index in [-0.39, 0.29) is 12.0 Å². The summed E-state index contributed by atoms with van der Waals surface area (Å²) in [6, 6.07) is 19.6. The Morgan fingerprint density at radius 3 is 2.35 bits per heavy atom. The number of anilines is 2. The van der Waals surface area contributed by atoms with E-state index < -0.39 is 10.0 Å². The maximum absolute atomic E-state index is 11.5. The van der Waals surface area contributed by atoms with Crippen LogP contribution in [0.15, 0.2) is 66.7 Å². The summed E-state index contributed by atoms with van der Waals surface area (Å²) >= 11 is 0. The van der Waals surface area contributed by atoms with Crippen molar-refractivity contribution < 1.29 is 8.42 Å². The molecule has 0 bridgehead atoms. The highest BCUT2D eigenvalue weighted by atomic mass is 32.2. The van der Waals surface area contributed by atoms with Crippen LogP contribution in [0.5, 0.6) is 0 Å². The van der Waals surface area contributed by atoms with Gasteiger partial charge in [0, 0.05) is 5.70 Å². The number of allylic oxidation sites excluding steroid dienone is 1. The fourth-order valence-corrected chi connectivity index (χ4v) is 3.29. The molecule has 1 atom stereocenters. The number of rotatable bonds is 4. The van der Waals surface area contributed by atoms with Crippen LogP contribution in [0.1, 0.15) is 17.2 Å². The highest BCUT2D eigenvalue weighted by Crippen LogP contribution is 2.33. The number of benzene rings is 2. The van der Waals surface area contributed by atoms with Crippen LogP contribution >= 0.6 is 0 Å². The minimum absolute atomic E-state index is 0.0404. The minimum atomic E-state index is -3.46.